The molecule has 1 aliphatic carbocycles. The number of hydrogen-bond donors (Lipinski definition) is 2. The lowest BCUT2D eigenvalue weighted by atomic mass is 9.95. The molecule has 16 heteroatoms. The van der Waals surface area contributed by atoms with Gasteiger partial charge in [0.2, 0.25) is 11.8 Å². The monoisotopic (exact) mass is 807 g/mol. The minimum Gasteiger partial charge on any atom is -0.469 e. The van der Waals surface area contributed by atoms with Crippen LogP contribution in [0.2, 0.25) is 0 Å². The predicted molar refractivity (Wildman–Crippen MR) is 204 cm³/mol. The number of amides is 3. The molecule has 56 heavy (non-hydrogen) atoms. The Morgan fingerprint density at radius 3 is 2.27 bits per heavy atom. The van der Waals surface area contributed by atoms with Gasteiger partial charge < -0.3 is 25.0 Å². The third-order valence-corrected chi connectivity index (χ3v) is 11.6. The Morgan fingerprint density at radius 1 is 1.02 bits per heavy atom. The molecular formula is C40H56F3N5O7S. The fraction of sp³-hybridized carbons (Fsp3) is 0.650. The number of nitrogens with one attached hydrogen (secondary N) is 2. The van der Waals surface area contributed by atoms with E-state index in [2.05, 4.69) is 15.6 Å². The SMILES string of the molecule is COC(=O)[C@@H](C)C[C@H](Cc1ccc(C(F)(F)F)cc1)NC(=O)c1csc([C@@H](C[C@H](C(C)C)N(C)C(=O)[C@H](CC2CC2)NC(=O)[C@H]2CCCCN2C)OC(C)=O)n1. The molecule has 1 saturated heterocycles. The van der Waals surface area contributed by atoms with E-state index < -0.39 is 59.7 Å². The summed E-state index contributed by atoms with van der Waals surface area (Å²) in [6.45, 7) is 7.64. The normalized spacial score (nSPS) is 18.9. The summed E-state index contributed by atoms with van der Waals surface area (Å²) in [5.74, 6) is -2.37. The molecule has 1 aromatic carbocycles. The number of aromatic nitrogens is 1. The number of thiazole rings is 1. The van der Waals surface area contributed by atoms with Crippen molar-refractivity contribution in [2.75, 3.05) is 27.7 Å². The predicted octanol–water partition coefficient (Wildman–Crippen LogP) is 5.95. The second-order valence-corrected chi connectivity index (χ2v) is 16.5. The highest BCUT2D eigenvalue weighted by Gasteiger charge is 2.38. The van der Waals surface area contributed by atoms with Crippen LogP contribution in [-0.4, -0.2) is 96.4 Å². The van der Waals surface area contributed by atoms with Gasteiger partial charge in [-0.15, -0.1) is 11.3 Å². The van der Waals surface area contributed by atoms with Gasteiger partial charge in [-0.25, -0.2) is 4.98 Å². The Labute approximate surface area is 331 Å². The summed E-state index contributed by atoms with van der Waals surface area (Å²) in [5, 5.41) is 7.80. The number of piperidine rings is 1. The molecule has 1 saturated carbocycles. The zero-order chi connectivity index (χ0) is 41.3. The van der Waals surface area contributed by atoms with Crippen molar-refractivity contribution in [1.29, 1.82) is 0 Å². The molecule has 2 N–H and O–H groups in total. The number of likely N-dealkylation sites (tertiary alicyclic amines) is 1. The number of likely N-dealkylation sites (N-methyl/N-ethyl adjacent to an activating group) is 2. The Kier molecular flexibility index (Phi) is 15.9. The van der Waals surface area contributed by atoms with Crippen molar-refractivity contribution in [2.24, 2.45) is 17.8 Å². The molecule has 2 aliphatic rings. The number of esters is 2. The standard InChI is InChI=1S/C40H56F3N5O7S/c1-23(2)33(48(6)38(52)30(20-27-11-12-27)45-36(51)32-10-8-9-17-47(32)5)21-34(55-25(4)49)37-46-31(22-56-37)35(50)44-29(18-24(3)39(53)54-7)19-26-13-15-28(16-14-26)40(41,42)43/h13-16,22-24,27,29-30,32-34H,8-12,17-21H2,1-7H3,(H,44,50)(H,45,51)/t24-,29+,30-,32+,33+,34+/m0/s1. The van der Waals surface area contributed by atoms with E-state index in [0.29, 0.717) is 22.9 Å². The number of carbonyl (C=O) groups excluding carboxylic acids is 5. The van der Waals surface area contributed by atoms with Gasteiger partial charge in [-0.05, 0) is 75.2 Å². The maximum atomic E-state index is 14.2. The van der Waals surface area contributed by atoms with Crippen LogP contribution in [0.15, 0.2) is 29.6 Å². The van der Waals surface area contributed by atoms with Gasteiger partial charge in [0.15, 0.2) is 6.10 Å². The molecular weight excluding hydrogens is 752 g/mol. The Morgan fingerprint density at radius 2 is 1.70 bits per heavy atom. The van der Waals surface area contributed by atoms with Crippen molar-refractivity contribution in [1.82, 2.24) is 25.4 Å². The molecule has 2 fully saturated rings. The van der Waals surface area contributed by atoms with Crippen molar-refractivity contribution < 1.29 is 46.6 Å². The largest absolute Gasteiger partial charge is 0.469 e. The average Bonchev–Trinajstić information content (AvgIpc) is 3.82. The minimum atomic E-state index is -4.50. The smallest absolute Gasteiger partial charge is 0.416 e. The van der Waals surface area contributed by atoms with E-state index in [0.717, 1.165) is 62.1 Å². The maximum absolute atomic E-state index is 14.2. The summed E-state index contributed by atoms with van der Waals surface area (Å²) < 4.78 is 50.1. The number of nitrogens with zero attached hydrogens (tertiary/aromatic N) is 3. The van der Waals surface area contributed by atoms with Gasteiger partial charge in [0.05, 0.1) is 24.6 Å². The van der Waals surface area contributed by atoms with Gasteiger partial charge in [0.1, 0.15) is 16.7 Å². The lowest BCUT2D eigenvalue weighted by Crippen LogP contribution is -2.56. The van der Waals surface area contributed by atoms with Gasteiger partial charge in [-0.2, -0.15) is 13.2 Å². The van der Waals surface area contributed by atoms with Crippen LogP contribution in [-0.2, 0) is 41.2 Å². The summed E-state index contributed by atoms with van der Waals surface area (Å²) in [6.07, 6.45) is 0.331. The number of benzene rings is 1. The molecule has 12 nitrogen and oxygen atoms in total. The van der Waals surface area contributed by atoms with Crippen LogP contribution in [0.5, 0.6) is 0 Å². The zero-order valence-corrected chi connectivity index (χ0v) is 34.1. The number of ether oxygens (including phenoxy) is 2. The highest BCUT2D eigenvalue weighted by molar-refractivity contribution is 7.09. The van der Waals surface area contributed by atoms with Crippen LogP contribution in [0.3, 0.4) is 0 Å². The van der Waals surface area contributed by atoms with E-state index in [4.69, 9.17) is 9.47 Å². The van der Waals surface area contributed by atoms with Crippen molar-refractivity contribution in [2.45, 2.75) is 122 Å². The Bertz CT molecular complexity index is 1670. The highest BCUT2D eigenvalue weighted by atomic mass is 32.1. The molecule has 2 aromatic rings. The van der Waals surface area contributed by atoms with Crippen LogP contribution in [0.25, 0.3) is 0 Å². The van der Waals surface area contributed by atoms with Crippen LogP contribution in [0.1, 0.15) is 112 Å². The van der Waals surface area contributed by atoms with E-state index in [1.807, 2.05) is 25.8 Å². The van der Waals surface area contributed by atoms with Crippen molar-refractivity contribution in [3.63, 3.8) is 0 Å². The molecule has 310 valence electrons. The van der Waals surface area contributed by atoms with Crippen LogP contribution < -0.4 is 10.6 Å². The Balaban J connectivity index is 1.51. The van der Waals surface area contributed by atoms with Crippen molar-refractivity contribution in [3.8, 4) is 0 Å². The first-order valence-corrected chi connectivity index (χ1v) is 20.2. The highest BCUT2D eigenvalue weighted by Crippen LogP contribution is 2.35. The number of hydrogen-bond acceptors (Lipinski definition) is 10. The number of alkyl halides is 3. The second-order valence-electron chi connectivity index (χ2n) is 15.6. The molecule has 0 radical (unpaired) electrons. The number of halogens is 3. The first kappa shape index (κ1) is 44.7. The van der Waals surface area contributed by atoms with Crippen LogP contribution in [0, 0.1) is 17.8 Å². The molecule has 1 aliphatic heterocycles. The van der Waals surface area contributed by atoms with Crippen LogP contribution >= 0.6 is 11.3 Å². The number of rotatable bonds is 18. The van der Waals surface area contributed by atoms with Crippen LogP contribution in [0.4, 0.5) is 13.2 Å². The second kappa shape index (κ2) is 19.9. The first-order valence-electron chi connectivity index (χ1n) is 19.3. The number of carbonyl (C=O) groups is 5. The third kappa shape index (κ3) is 12.7. The van der Waals surface area contributed by atoms with E-state index in [1.165, 1.54) is 31.5 Å². The average molecular weight is 808 g/mol. The maximum Gasteiger partial charge on any atom is 0.416 e. The van der Waals surface area contributed by atoms with E-state index in [1.54, 1.807) is 18.9 Å². The van der Waals surface area contributed by atoms with Gasteiger partial charge in [-0.1, -0.05) is 52.2 Å². The van der Waals surface area contributed by atoms with E-state index in [9.17, 15) is 37.1 Å². The van der Waals surface area contributed by atoms with Gasteiger partial charge in [-0.3, -0.25) is 28.9 Å². The van der Waals surface area contributed by atoms with Crippen molar-refractivity contribution >= 4 is 41.0 Å². The Hall–Kier alpha value is -4.05. The molecule has 2 heterocycles. The van der Waals surface area contributed by atoms with Gasteiger partial charge in [0.25, 0.3) is 5.91 Å². The third-order valence-electron chi connectivity index (χ3n) is 10.7. The lowest BCUT2D eigenvalue weighted by molar-refractivity contribution is -0.149. The number of methoxy groups -OCH3 is 1. The first-order chi connectivity index (χ1) is 26.4. The molecule has 6 atom stereocenters. The summed E-state index contributed by atoms with van der Waals surface area (Å²) >= 11 is 1.11. The molecule has 4 rings (SSSR count). The molecule has 1 aromatic heterocycles. The molecule has 0 unspecified atom stereocenters. The summed E-state index contributed by atoms with van der Waals surface area (Å²) in [5.41, 5.74) is -0.256. The quantitative estimate of drug-likeness (QED) is 0.175. The fourth-order valence-corrected chi connectivity index (χ4v) is 8.16. The zero-order valence-electron chi connectivity index (χ0n) is 33.3. The topological polar surface area (TPSA) is 147 Å². The van der Waals surface area contributed by atoms with Gasteiger partial charge >= 0.3 is 18.1 Å². The van der Waals surface area contributed by atoms with Gasteiger partial charge in [0, 0.05) is 37.9 Å². The van der Waals surface area contributed by atoms with Crippen molar-refractivity contribution in [3.05, 3.63) is 51.5 Å². The molecule has 3 amide bonds. The minimum absolute atomic E-state index is 0.0238. The lowest BCUT2D eigenvalue weighted by Gasteiger charge is -2.37. The summed E-state index contributed by atoms with van der Waals surface area (Å²) in [4.78, 5) is 74.0. The van der Waals surface area contributed by atoms with E-state index in [-0.39, 0.29) is 48.7 Å². The van der Waals surface area contributed by atoms with E-state index >= 15 is 0 Å². The molecule has 0 spiro atoms. The molecule has 0 bridgehead atoms. The summed E-state index contributed by atoms with van der Waals surface area (Å²) in [7, 11) is 4.87. The summed E-state index contributed by atoms with van der Waals surface area (Å²) in [6, 6.07) is 2.51. The fourth-order valence-electron chi connectivity index (χ4n) is 7.32.